The van der Waals surface area contributed by atoms with Crippen LogP contribution < -0.4 is 20.3 Å². The largest absolute Gasteiger partial charge is 0.483 e. The van der Waals surface area contributed by atoms with Gasteiger partial charge < -0.3 is 9.47 Å². The predicted molar refractivity (Wildman–Crippen MR) is 113 cm³/mol. The van der Waals surface area contributed by atoms with Crippen molar-refractivity contribution in [3.05, 3.63) is 59.7 Å². The quantitative estimate of drug-likeness (QED) is 0.673. The number of carbonyl (C=O) groups is 2. The van der Waals surface area contributed by atoms with Crippen molar-refractivity contribution in [3.8, 4) is 11.5 Å². The third-order valence-electron chi connectivity index (χ3n) is 3.95. The van der Waals surface area contributed by atoms with E-state index in [0.717, 1.165) is 22.6 Å². The molecule has 0 aromatic heterocycles. The summed E-state index contributed by atoms with van der Waals surface area (Å²) >= 11 is 3.75. The van der Waals surface area contributed by atoms with Crippen molar-refractivity contribution in [2.24, 2.45) is 0 Å². The van der Waals surface area contributed by atoms with Gasteiger partial charge in [0.2, 0.25) is 0 Å². The van der Waals surface area contributed by atoms with Gasteiger partial charge in [-0.2, -0.15) is 0 Å². The molecule has 1 aliphatic rings. The number of carbonyl (C=O) groups excluding carboxylic acids is 2. The fourth-order valence-electron chi connectivity index (χ4n) is 2.56. The summed E-state index contributed by atoms with van der Waals surface area (Å²) in [4.78, 5) is 23.8. The molecule has 8 heteroatoms. The Labute approximate surface area is 172 Å². The van der Waals surface area contributed by atoms with Crippen LogP contribution in [0, 0.1) is 6.92 Å². The number of amides is 2. The molecule has 28 heavy (non-hydrogen) atoms. The normalized spacial score (nSPS) is 13.8. The molecule has 0 aliphatic carbocycles. The van der Waals surface area contributed by atoms with E-state index in [0.29, 0.717) is 16.1 Å². The van der Waals surface area contributed by atoms with Gasteiger partial charge in [0.25, 0.3) is 11.8 Å². The van der Waals surface area contributed by atoms with Crippen LogP contribution in [0.2, 0.25) is 0 Å². The summed E-state index contributed by atoms with van der Waals surface area (Å²) < 4.78 is 11.4. The van der Waals surface area contributed by atoms with Gasteiger partial charge in [-0.25, -0.2) is 0 Å². The first-order valence-electron chi connectivity index (χ1n) is 8.84. The van der Waals surface area contributed by atoms with Crippen LogP contribution in [0.1, 0.15) is 15.7 Å². The Morgan fingerprint density at radius 3 is 2.07 bits per heavy atom. The van der Waals surface area contributed by atoms with Crippen LogP contribution >= 0.6 is 23.5 Å². The first-order chi connectivity index (χ1) is 13.6. The van der Waals surface area contributed by atoms with Crippen LogP contribution in [0.5, 0.6) is 11.5 Å². The number of benzene rings is 2. The highest BCUT2D eigenvalue weighted by Gasteiger charge is 2.21. The van der Waals surface area contributed by atoms with Crippen LogP contribution in [-0.4, -0.2) is 36.5 Å². The van der Waals surface area contributed by atoms with Gasteiger partial charge in [-0.3, -0.25) is 20.4 Å². The maximum atomic E-state index is 12.0. The number of para-hydroxylation sites is 2. The Bertz CT molecular complexity index is 825. The van der Waals surface area contributed by atoms with Crippen molar-refractivity contribution < 1.29 is 19.1 Å². The average molecular weight is 419 g/mol. The average Bonchev–Trinajstić information content (AvgIpc) is 3.25. The van der Waals surface area contributed by atoms with Gasteiger partial charge >= 0.3 is 0 Å². The summed E-state index contributed by atoms with van der Waals surface area (Å²) in [5.74, 6) is 2.66. The SMILES string of the molecule is Cc1ccccc1OCC(=O)NNC(=O)COc1ccccc1C1SCCS1. The Morgan fingerprint density at radius 1 is 0.893 bits per heavy atom. The molecule has 1 heterocycles. The molecule has 0 spiro atoms. The van der Waals surface area contributed by atoms with E-state index in [4.69, 9.17) is 9.47 Å². The van der Waals surface area contributed by atoms with Crippen LogP contribution in [-0.2, 0) is 9.59 Å². The van der Waals surface area contributed by atoms with E-state index in [9.17, 15) is 9.59 Å². The molecule has 3 rings (SSSR count). The molecule has 0 saturated carbocycles. The molecule has 0 radical (unpaired) electrons. The van der Waals surface area contributed by atoms with Gasteiger partial charge in [0.05, 0.1) is 4.58 Å². The van der Waals surface area contributed by atoms with E-state index in [1.54, 1.807) is 6.07 Å². The zero-order valence-corrected chi connectivity index (χ0v) is 17.1. The second-order valence-corrected chi connectivity index (χ2v) is 8.77. The van der Waals surface area contributed by atoms with Crippen LogP contribution in [0.25, 0.3) is 0 Å². The minimum atomic E-state index is -0.448. The van der Waals surface area contributed by atoms with Crippen molar-refractivity contribution in [3.63, 3.8) is 0 Å². The van der Waals surface area contributed by atoms with E-state index < -0.39 is 11.8 Å². The fourth-order valence-corrected chi connectivity index (χ4v) is 5.47. The lowest BCUT2D eigenvalue weighted by Crippen LogP contribution is -2.45. The first-order valence-corrected chi connectivity index (χ1v) is 10.9. The molecule has 0 unspecified atom stereocenters. The molecule has 2 aromatic rings. The summed E-state index contributed by atoms with van der Waals surface area (Å²) in [7, 11) is 0. The van der Waals surface area contributed by atoms with E-state index in [1.165, 1.54) is 0 Å². The molecule has 0 bridgehead atoms. The lowest BCUT2D eigenvalue weighted by Gasteiger charge is -2.15. The zero-order chi connectivity index (χ0) is 19.8. The molecule has 2 aromatic carbocycles. The predicted octanol–water partition coefficient (Wildman–Crippen LogP) is 3.08. The number of aryl methyl sites for hydroxylation is 1. The van der Waals surface area contributed by atoms with Crippen molar-refractivity contribution in [1.82, 2.24) is 10.9 Å². The number of ether oxygens (including phenoxy) is 2. The van der Waals surface area contributed by atoms with Crippen molar-refractivity contribution >= 4 is 35.3 Å². The molecule has 0 atom stereocenters. The second-order valence-electron chi connectivity index (χ2n) is 6.05. The van der Waals surface area contributed by atoms with Crippen LogP contribution in [0.3, 0.4) is 0 Å². The number of hydrogen-bond acceptors (Lipinski definition) is 6. The van der Waals surface area contributed by atoms with Crippen molar-refractivity contribution in [2.75, 3.05) is 24.7 Å². The number of hydrazine groups is 1. The second kappa shape index (κ2) is 10.3. The standard InChI is InChI=1S/C20H22N2O4S2/c1-14-6-2-4-8-16(14)25-12-18(23)21-22-19(24)13-26-17-9-5-3-7-15(17)20-27-10-11-28-20/h2-9,20H,10-13H2,1H3,(H,21,23)(H,22,24). The highest BCUT2D eigenvalue weighted by molar-refractivity contribution is 8.19. The van der Waals surface area contributed by atoms with Gasteiger partial charge in [0, 0.05) is 17.1 Å². The third kappa shape index (κ3) is 5.84. The van der Waals surface area contributed by atoms with Gasteiger partial charge in [-0.1, -0.05) is 36.4 Å². The van der Waals surface area contributed by atoms with Crippen LogP contribution in [0.15, 0.2) is 48.5 Å². The molecular weight excluding hydrogens is 396 g/mol. The molecule has 1 fully saturated rings. The molecule has 2 N–H and O–H groups in total. The van der Waals surface area contributed by atoms with E-state index in [1.807, 2.05) is 72.9 Å². The van der Waals surface area contributed by atoms with Gasteiger partial charge in [0.15, 0.2) is 13.2 Å². The number of rotatable bonds is 7. The summed E-state index contributed by atoms with van der Waals surface area (Å²) in [6.45, 7) is 1.52. The van der Waals surface area contributed by atoms with Crippen LogP contribution in [0.4, 0.5) is 0 Å². The number of hydrogen-bond donors (Lipinski definition) is 2. The lowest BCUT2D eigenvalue weighted by molar-refractivity contribution is -0.131. The van der Waals surface area contributed by atoms with E-state index >= 15 is 0 Å². The minimum Gasteiger partial charge on any atom is -0.483 e. The topological polar surface area (TPSA) is 76.7 Å². The maximum Gasteiger partial charge on any atom is 0.276 e. The molecule has 6 nitrogen and oxygen atoms in total. The molecule has 1 aliphatic heterocycles. The monoisotopic (exact) mass is 418 g/mol. The summed E-state index contributed by atoms with van der Waals surface area (Å²) in [6, 6.07) is 15.1. The van der Waals surface area contributed by atoms with Crippen molar-refractivity contribution in [1.29, 1.82) is 0 Å². The zero-order valence-electron chi connectivity index (χ0n) is 15.5. The third-order valence-corrected chi connectivity index (χ3v) is 7.02. The smallest absolute Gasteiger partial charge is 0.276 e. The lowest BCUT2D eigenvalue weighted by atomic mass is 10.2. The summed E-state index contributed by atoms with van der Waals surface area (Å²) in [5, 5.41) is 0. The summed E-state index contributed by atoms with van der Waals surface area (Å²) in [6.07, 6.45) is 0. The Hall–Kier alpha value is -2.32. The highest BCUT2D eigenvalue weighted by Crippen LogP contribution is 2.48. The maximum absolute atomic E-state index is 12.0. The van der Waals surface area contributed by atoms with E-state index in [-0.39, 0.29) is 13.2 Å². The first kappa shape index (κ1) is 20.4. The molecule has 2 amide bonds. The van der Waals surface area contributed by atoms with E-state index in [2.05, 4.69) is 10.9 Å². The van der Waals surface area contributed by atoms with Gasteiger partial charge in [-0.15, -0.1) is 23.5 Å². The minimum absolute atomic E-state index is 0.183. The molecular formula is C20H22N2O4S2. The number of thioether (sulfide) groups is 2. The highest BCUT2D eigenvalue weighted by atomic mass is 32.2. The van der Waals surface area contributed by atoms with Crippen molar-refractivity contribution in [2.45, 2.75) is 11.5 Å². The Morgan fingerprint density at radius 2 is 1.43 bits per heavy atom. The summed E-state index contributed by atoms with van der Waals surface area (Å²) in [5.41, 5.74) is 6.68. The Kier molecular flexibility index (Phi) is 7.50. The molecule has 1 saturated heterocycles. The Balaban J connectivity index is 1.41. The molecule has 148 valence electrons. The van der Waals surface area contributed by atoms with Gasteiger partial charge in [0.1, 0.15) is 11.5 Å². The number of nitrogens with one attached hydrogen (secondary N) is 2. The van der Waals surface area contributed by atoms with Gasteiger partial charge in [-0.05, 0) is 24.6 Å². The fraction of sp³-hybridized carbons (Fsp3) is 0.300.